The first-order valence-electron chi connectivity index (χ1n) is 5.80. The van der Waals surface area contributed by atoms with Crippen LogP contribution in [0.5, 0.6) is 0 Å². The molecule has 86 valence electrons. The summed E-state index contributed by atoms with van der Waals surface area (Å²) in [4.78, 5) is 4.71. The number of allylic oxidation sites excluding steroid dienone is 1. The van der Waals surface area contributed by atoms with E-state index in [9.17, 15) is 0 Å². The van der Waals surface area contributed by atoms with Crippen molar-refractivity contribution in [3.8, 4) is 0 Å². The molecule has 0 saturated heterocycles. The van der Waals surface area contributed by atoms with E-state index in [1.54, 1.807) is 0 Å². The molecule has 0 aromatic heterocycles. The van der Waals surface area contributed by atoms with Gasteiger partial charge < -0.3 is 0 Å². The summed E-state index contributed by atoms with van der Waals surface area (Å²) in [6, 6.07) is 0.356. The van der Waals surface area contributed by atoms with E-state index in [4.69, 9.17) is 4.99 Å². The predicted molar refractivity (Wildman–Crippen MR) is 68.4 cm³/mol. The second kappa shape index (κ2) is 3.47. The number of dihydropyridines is 1. The maximum Gasteiger partial charge on any atom is 0.0640 e. The van der Waals surface area contributed by atoms with Crippen LogP contribution in [0.4, 0.5) is 0 Å². The topological polar surface area (TPSA) is 12.4 Å². The Kier molecular flexibility index (Phi) is 2.88. The van der Waals surface area contributed by atoms with E-state index in [-0.39, 0.29) is 16.2 Å². The number of hydrogen-bond acceptors (Lipinski definition) is 1. The highest BCUT2D eigenvalue weighted by atomic mass is 14.9. The Morgan fingerprint density at radius 1 is 1.07 bits per heavy atom. The van der Waals surface area contributed by atoms with Crippen molar-refractivity contribution in [1.29, 1.82) is 0 Å². The van der Waals surface area contributed by atoms with Crippen LogP contribution in [0.3, 0.4) is 0 Å². The Bertz CT molecular complexity index is 285. The molecular weight excluding hydrogens is 182 g/mol. The number of aliphatic imine (C=N–C) groups is 1. The van der Waals surface area contributed by atoms with E-state index in [0.717, 1.165) is 0 Å². The second-order valence-electron chi connectivity index (χ2n) is 6.96. The fraction of sp³-hybridized carbons (Fsp3) is 0.786. The predicted octanol–water partition coefficient (Wildman–Crippen LogP) is 4.09. The molecule has 0 saturated carbocycles. The Morgan fingerprint density at radius 3 is 1.93 bits per heavy atom. The van der Waals surface area contributed by atoms with Crippen molar-refractivity contribution in [1.82, 2.24) is 0 Å². The fourth-order valence-corrected chi connectivity index (χ4v) is 2.41. The fourth-order valence-electron chi connectivity index (χ4n) is 2.41. The van der Waals surface area contributed by atoms with Gasteiger partial charge >= 0.3 is 0 Å². The number of nitrogens with zero attached hydrogens (tertiary/aromatic N) is 1. The molecule has 1 heteroatoms. The third kappa shape index (κ3) is 2.16. The highest BCUT2D eigenvalue weighted by molar-refractivity contribution is 5.73. The second-order valence-corrected chi connectivity index (χ2v) is 6.96. The van der Waals surface area contributed by atoms with Gasteiger partial charge in [-0.2, -0.15) is 0 Å². The molecule has 1 heterocycles. The summed E-state index contributed by atoms with van der Waals surface area (Å²) in [5, 5.41) is 0. The lowest BCUT2D eigenvalue weighted by atomic mass is 9.57. The van der Waals surface area contributed by atoms with E-state index in [0.29, 0.717) is 6.04 Å². The van der Waals surface area contributed by atoms with Crippen LogP contribution < -0.4 is 0 Å². The lowest BCUT2D eigenvalue weighted by Gasteiger charge is -2.50. The molecule has 2 unspecified atom stereocenters. The number of rotatable bonds is 0. The Hall–Kier alpha value is -0.590. The maximum atomic E-state index is 4.71. The van der Waals surface area contributed by atoms with E-state index < -0.39 is 0 Å². The molecule has 0 amide bonds. The molecule has 0 spiro atoms. The quantitative estimate of drug-likeness (QED) is 0.567. The summed E-state index contributed by atoms with van der Waals surface area (Å²) < 4.78 is 0. The molecule has 2 atom stereocenters. The molecule has 1 nitrogen and oxygen atoms in total. The van der Waals surface area contributed by atoms with Crippen molar-refractivity contribution in [3.63, 3.8) is 0 Å². The van der Waals surface area contributed by atoms with Gasteiger partial charge in [-0.05, 0) is 16.9 Å². The van der Waals surface area contributed by atoms with E-state index in [1.165, 1.54) is 0 Å². The molecule has 15 heavy (non-hydrogen) atoms. The summed E-state index contributed by atoms with van der Waals surface area (Å²) in [5.41, 5.74) is 0.586. The van der Waals surface area contributed by atoms with Crippen molar-refractivity contribution in [3.05, 3.63) is 12.2 Å². The van der Waals surface area contributed by atoms with E-state index >= 15 is 0 Å². The molecule has 0 N–H and O–H groups in total. The molecule has 1 aliphatic rings. The van der Waals surface area contributed by atoms with Crippen molar-refractivity contribution in [2.75, 3.05) is 0 Å². The first kappa shape index (κ1) is 12.5. The smallest absolute Gasteiger partial charge is 0.0640 e. The van der Waals surface area contributed by atoms with Gasteiger partial charge in [0.05, 0.1) is 6.04 Å². The monoisotopic (exact) mass is 207 g/mol. The van der Waals surface area contributed by atoms with Crippen molar-refractivity contribution >= 4 is 6.21 Å². The Labute approximate surface area is 94.7 Å². The minimum absolute atomic E-state index is 0.139. The molecule has 0 bridgehead atoms. The van der Waals surface area contributed by atoms with Gasteiger partial charge in [0, 0.05) is 11.6 Å². The molecule has 0 fully saturated rings. The van der Waals surface area contributed by atoms with Crippen LogP contribution in [0.15, 0.2) is 17.1 Å². The van der Waals surface area contributed by atoms with Gasteiger partial charge in [0.15, 0.2) is 0 Å². The van der Waals surface area contributed by atoms with Crippen molar-refractivity contribution in [2.24, 2.45) is 21.2 Å². The standard InChI is InChI=1S/C14H25N/c1-12(2,3)11-14(7,13(4,5)6)9-8-10-15-11/h8-11H,1-7H3. The number of hydrogen-bond donors (Lipinski definition) is 0. The SMILES string of the molecule is CC(C)(C)C1N=CC=CC1(C)C(C)(C)C. The zero-order chi connectivity index (χ0) is 11.9. The zero-order valence-electron chi connectivity index (χ0n) is 11.3. The van der Waals surface area contributed by atoms with E-state index in [1.807, 2.05) is 6.21 Å². The zero-order valence-corrected chi connectivity index (χ0v) is 11.3. The molecule has 0 aliphatic carbocycles. The van der Waals surface area contributed by atoms with Gasteiger partial charge in [0.1, 0.15) is 0 Å². The minimum atomic E-state index is 0.139. The average molecular weight is 207 g/mol. The van der Waals surface area contributed by atoms with Gasteiger partial charge in [0.2, 0.25) is 0 Å². The molecule has 1 aliphatic heterocycles. The Morgan fingerprint density at radius 2 is 1.60 bits per heavy atom. The van der Waals surface area contributed by atoms with Crippen LogP contribution in [0.1, 0.15) is 48.5 Å². The minimum Gasteiger partial charge on any atom is -0.288 e. The van der Waals surface area contributed by atoms with Gasteiger partial charge in [-0.3, -0.25) is 4.99 Å². The van der Waals surface area contributed by atoms with Crippen LogP contribution in [0.2, 0.25) is 0 Å². The highest BCUT2D eigenvalue weighted by Gasteiger charge is 2.47. The molecular formula is C14H25N. The first-order chi connectivity index (χ1) is 6.59. The summed E-state index contributed by atoms with van der Waals surface area (Å²) in [6.07, 6.45) is 6.37. The summed E-state index contributed by atoms with van der Waals surface area (Å²) in [6.45, 7) is 16.1. The molecule has 1 rings (SSSR count). The largest absolute Gasteiger partial charge is 0.288 e. The van der Waals surface area contributed by atoms with Gasteiger partial charge in [-0.25, -0.2) is 0 Å². The van der Waals surface area contributed by atoms with Gasteiger partial charge in [-0.15, -0.1) is 0 Å². The lowest BCUT2D eigenvalue weighted by Crippen LogP contribution is -2.48. The highest BCUT2D eigenvalue weighted by Crippen LogP contribution is 2.50. The Balaban J connectivity index is 3.17. The molecule has 0 aromatic carbocycles. The third-order valence-electron chi connectivity index (χ3n) is 3.77. The normalized spacial score (nSPS) is 32.1. The molecule has 0 aromatic rings. The van der Waals surface area contributed by atoms with Crippen LogP contribution in [-0.4, -0.2) is 12.3 Å². The summed E-state index contributed by atoms with van der Waals surface area (Å²) >= 11 is 0. The molecule has 0 radical (unpaired) electrons. The van der Waals surface area contributed by atoms with E-state index in [2.05, 4.69) is 60.6 Å². The average Bonchev–Trinajstić information content (AvgIpc) is 2.00. The van der Waals surface area contributed by atoms with Crippen LogP contribution in [0, 0.1) is 16.2 Å². The van der Waals surface area contributed by atoms with Gasteiger partial charge in [-0.1, -0.05) is 54.5 Å². The van der Waals surface area contributed by atoms with Gasteiger partial charge in [0.25, 0.3) is 0 Å². The summed E-state index contributed by atoms with van der Waals surface area (Å²) in [7, 11) is 0. The van der Waals surface area contributed by atoms with Crippen LogP contribution >= 0.6 is 0 Å². The third-order valence-corrected chi connectivity index (χ3v) is 3.77. The lowest BCUT2D eigenvalue weighted by molar-refractivity contribution is 0.0729. The van der Waals surface area contributed by atoms with Crippen LogP contribution in [0.25, 0.3) is 0 Å². The summed E-state index contributed by atoms with van der Waals surface area (Å²) in [5.74, 6) is 0. The van der Waals surface area contributed by atoms with Crippen LogP contribution in [-0.2, 0) is 0 Å². The van der Waals surface area contributed by atoms with Crippen molar-refractivity contribution in [2.45, 2.75) is 54.5 Å². The maximum absolute atomic E-state index is 4.71. The van der Waals surface area contributed by atoms with Crippen molar-refractivity contribution < 1.29 is 0 Å². The first-order valence-corrected chi connectivity index (χ1v) is 5.80.